The number of pyridine rings is 1. The normalized spacial score (nSPS) is 11.0. The summed E-state index contributed by atoms with van der Waals surface area (Å²) in [5, 5.41) is 7.41. The van der Waals surface area contributed by atoms with Gasteiger partial charge in [-0.1, -0.05) is 6.07 Å². The summed E-state index contributed by atoms with van der Waals surface area (Å²) in [5.74, 6) is 1.19. The van der Waals surface area contributed by atoms with Gasteiger partial charge in [-0.05, 0) is 6.07 Å². The summed E-state index contributed by atoms with van der Waals surface area (Å²) in [6.45, 7) is 3.33. The van der Waals surface area contributed by atoms with Gasteiger partial charge in [0, 0.05) is 26.9 Å². The Balaban J connectivity index is 3.11. The fraction of sp³-hybridized carbons (Fsp3) is 0.300. The maximum absolute atomic E-state index is 5.03. The van der Waals surface area contributed by atoms with Crippen molar-refractivity contribution in [3.05, 3.63) is 23.9 Å². The molecule has 0 spiro atoms. The van der Waals surface area contributed by atoms with E-state index in [0.29, 0.717) is 17.4 Å². The summed E-state index contributed by atoms with van der Waals surface area (Å²) in [4.78, 5) is 6.06. The average molecular weight is 206 g/mol. The number of aromatic nitrogens is 1. The van der Waals surface area contributed by atoms with E-state index in [2.05, 4.69) is 21.9 Å². The molecule has 0 unspecified atom stereocenters. The van der Waals surface area contributed by atoms with Crippen LogP contribution in [-0.2, 0) is 0 Å². The first-order valence-corrected chi connectivity index (χ1v) is 4.41. The lowest BCUT2D eigenvalue weighted by molar-refractivity contribution is 0.397. The number of hydrogen-bond acceptors (Lipinski definition) is 4. The topological polar surface area (TPSA) is 50.1 Å². The fourth-order valence-corrected chi connectivity index (χ4v) is 1.09. The van der Waals surface area contributed by atoms with Crippen molar-refractivity contribution in [2.75, 3.05) is 21.2 Å². The van der Waals surface area contributed by atoms with Gasteiger partial charge in [-0.15, -0.1) is 5.10 Å². The van der Waals surface area contributed by atoms with E-state index in [1.165, 1.54) is 0 Å². The van der Waals surface area contributed by atoms with Gasteiger partial charge in [0.15, 0.2) is 5.84 Å². The molecule has 0 radical (unpaired) electrons. The molecule has 0 aliphatic rings. The van der Waals surface area contributed by atoms with Crippen LogP contribution in [0.25, 0.3) is 0 Å². The van der Waals surface area contributed by atoms with Gasteiger partial charge in [0.25, 0.3) is 0 Å². The van der Waals surface area contributed by atoms with Crippen LogP contribution in [0.5, 0.6) is 5.88 Å². The third-order valence-corrected chi connectivity index (χ3v) is 1.75. The number of methoxy groups -OCH3 is 1. The Hall–Kier alpha value is -1.91. The van der Waals surface area contributed by atoms with E-state index in [4.69, 9.17) is 4.74 Å². The highest BCUT2D eigenvalue weighted by molar-refractivity contribution is 5.96. The summed E-state index contributed by atoms with van der Waals surface area (Å²) in [7, 11) is 5.31. The lowest BCUT2D eigenvalue weighted by atomic mass is 10.3. The van der Waals surface area contributed by atoms with E-state index in [1.54, 1.807) is 13.2 Å². The van der Waals surface area contributed by atoms with Crippen LogP contribution in [0.15, 0.2) is 28.4 Å². The number of amidine groups is 1. The first kappa shape index (κ1) is 11.2. The predicted molar refractivity (Wildman–Crippen MR) is 60.6 cm³/mol. The molecule has 1 aromatic heterocycles. The number of nitrogens with zero attached hydrogens (tertiary/aromatic N) is 4. The number of rotatable bonds is 3. The molecule has 1 rings (SSSR count). The van der Waals surface area contributed by atoms with Crippen molar-refractivity contribution in [2.45, 2.75) is 0 Å². The van der Waals surface area contributed by atoms with Gasteiger partial charge in [0.05, 0.1) is 7.11 Å². The molecule has 0 aliphatic heterocycles. The molecule has 0 aliphatic carbocycles. The third kappa shape index (κ3) is 2.77. The van der Waals surface area contributed by atoms with Crippen LogP contribution in [0.4, 0.5) is 0 Å². The van der Waals surface area contributed by atoms with Gasteiger partial charge in [0.1, 0.15) is 5.69 Å². The average Bonchev–Trinajstić information content (AvgIpc) is 2.25. The van der Waals surface area contributed by atoms with Crippen molar-refractivity contribution >= 4 is 12.6 Å². The van der Waals surface area contributed by atoms with Crippen molar-refractivity contribution < 1.29 is 4.74 Å². The van der Waals surface area contributed by atoms with Crippen molar-refractivity contribution in [3.63, 3.8) is 0 Å². The smallest absolute Gasteiger partial charge is 0.213 e. The van der Waals surface area contributed by atoms with Gasteiger partial charge in [-0.3, -0.25) is 0 Å². The van der Waals surface area contributed by atoms with Crippen LogP contribution in [-0.4, -0.2) is 43.6 Å². The third-order valence-electron chi connectivity index (χ3n) is 1.75. The largest absolute Gasteiger partial charge is 0.481 e. The van der Waals surface area contributed by atoms with Crippen LogP contribution in [0.2, 0.25) is 0 Å². The van der Waals surface area contributed by atoms with Crippen LogP contribution in [0.1, 0.15) is 5.69 Å². The van der Waals surface area contributed by atoms with Crippen molar-refractivity contribution in [1.29, 1.82) is 0 Å². The Morgan fingerprint density at radius 1 is 1.47 bits per heavy atom. The van der Waals surface area contributed by atoms with E-state index in [9.17, 15) is 0 Å². The minimum Gasteiger partial charge on any atom is -0.481 e. The lowest BCUT2D eigenvalue weighted by Gasteiger charge is -2.13. The fourth-order valence-electron chi connectivity index (χ4n) is 1.09. The molecule has 5 heteroatoms. The zero-order valence-electron chi connectivity index (χ0n) is 9.14. The van der Waals surface area contributed by atoms with Crippen LogP contribution < -0.4 is 4.74 Å². The molecular formula is C10H14N4O. The second-order valence-corrected chi connectivity index (χ2v) is 3.02. The highest BCUT2D eigenvalue weighted by atomic mass is 16.5. The first-order chi connectivity index (χ1) is 7.19. The van der Waals surface area contributed by atoms with Gasteiger partial charge in [-0.25, -0.2) is 4.98 Å². The monoisotopic (exact) mass is 206 g/mol. The SMILES string of the molecule is C=N/N=C(/c1cccc(OC)n1)N(C)C. The van der Waals surface area contributed by atoms with E-state index < -0.39 is 0 Å². The minimum absolute atomic E-state index is 0.547. The molecule has 0 saturated heterocycles. The van der Waals surface area contributed by atoms with E-state index in [-0.39, 0.29) is 0 Å². The molecular weight excluding hydrogens is 192 g/mol. The van der Waals surface area contributed by atoms with Gasteiger partial charge < -0.3 is 9.64 Å². The van der Waals surface area contributed by atoms with E-state index in [1.807, 2.05) is 31.1 Å². The summed E-state index contributed by atoms with van der Waals surface area (Å²) in [5.41, 5.74) is 0.701. The Kier molecular flexibility index (Phi) is 3.79. The van der Waals surface area contributed by atoms with Crippen molar-refractivity contribution in [1.82, 2.24) is 9.88 Å². The molecule has 80 valence electrons. The number of ether oxygens (including phenoxy) is 1. The molecule has 0 saturated carbocycles. The zero-order valence-corrected chi connectivity index (χ0v) is 9.14. The Labute approximate surface area is 89.1 Å². The van der Waals surface area contributed by atoms with Crippen LogP contribution in [0.3, 0.4) is 0 Å². The molecule has 0 N–H and O–H groups in total. The lowest BCUT2D eigenvalue weighted by Crippen LogP contribution is -2.23. The van der Waals surface area contributed by atoms with Crippen molar-refractivity contribution in [2.24, 2.45) is 10.2 Å². The second-order valence-electron chi connectivity index (χ2n) is 3.02. The molecule has 0 amide bonds. The highest BCUT2D eigenvalue weighted by Gasteiger charge is 2.08. The Morgan fingerprint density at radius 3 is 2.73 bits per heavy atom. The maximum atomic E-state index is 5.03. The maximum Gasteiger partial charge on any atom is 0.213 e. The summed E-state index contributed by atoms with van der Waals surface area (Å²) < 4.78 is 5.03. The zero-order chi connectivity index (χ0) is 11.3. The molecule has 0 bridgehead atoms. The minimum atomic E-state index is 0.547. The predicted octanol–water partition coefficient (Wildman–Crippen LogP) is 1.01. The molecule has 0 aromatic carbocycles. The summed E-state index contributed by atoms with van der Waals surface area (Å²) in [6, 6.07) is 5.47. The second kappa shape index (κ2) is 5.09. The van der Waals surface area contributed by atoms with Crippen LogP contribution >= 0.6 is 0 Å². The molecule has 0 fully saturated rings. The first-order valence-electron chi connectivity index (χ1n) is 4.41. The quantitative estimate of drug-likeness (QED) is 0.421. The Morgan fingerprint density at radius 2 is 2.20 bits per heavy atom. The van der Waals surface area contributed by atoms with Gasteiger partial charge in [-0.2, -0.15) is 5.10 Å². The standard InChI is InChI=1S/C10H14N4O/c1-11-13-10(14(2)3)8-6-5-7-9(12-8)15-4/h5-7H,1H2,2-4H3/b13-10-. The van der Waals surface area contributed by atoms with Gasteiger partial charge >= 0.3 is 0 Å². The summed E-state index contributed by atoms with van der Waals surface area (Å²) in [6.07, 6.45) is 0. The van der Waals surface area contributed by atoms with Crippen LogP contribution in [0, 0.1) is 0 Å². The molecule has 1 aromatic rings. The van der Waals surface area contributed by atoms with E-state index >= 15 is 0 Å². The molecule has 5 nitrogen and oxygen atoms in total. The summed E-state index contributed by atoms with van der Waals surface area (Å²) >= 11 is 0. The molecule has 0 atom stereocenters. The van der Waals surface area contributed by atoms with Crippen molar-refractivity contribution in [3.8, 4) is 5.88 Å². The molecule has 15 heavy (non-hydrogen) atoms. The highest BCUT2D eigenvalue weighted by Crippen LogP contribution is 2.08. The number of hydrogen-bond donors (Lipinski definition) is 0. The molecule has 1 heterocycles. The van der Waals surface area contributed by atoms with E-state index in [0.717, 1.165) is 0 Å². The van der Waals surface area contributed by atoms with Gasteiger partial charge in [0.2, 0.25) is 5.88 Å². The Bertz CT molecular complexity index is 373.